The molecule has 0 heterocycles. The number of hydrogen-bond acceptors (Lipinski definition) is 1. The molecule has 0 aliphatic heterocycles. The minimum Gasteiger partial charge on any atom is -0.310 e. The lowest BCUT2D eigenvalue weighted by molar-refractivity contribution is -0.138. The second-order valence-corrected chi connectivity index (χ2v) is 4.48. The summed E-state index contributed by atoms with van der Waals surface area (Å²) in [6, 6.07) is 1.94. The van der Waals surface area contributed by atoms with Gasteiger partial charge in [0, 0.05) is 12.5 Å². The van der Waals surface area contributed by atoms with E-state index >= 15 is 0 Å². The number of terminal acetylenes is 1. The Morgan fingerprint density at radius 1 is 1.35 bits per heavy atom. The summed E-state index contributed by atoms with van der Waals surface area (Å²) in [4.78, 5) is 0. The van der Waals surface area contributed by atoms with Crippen LogP contribution in [0.15, 0.2) is 18.2 Å². The van der Waals surface area contributed by atoms with Crippen LogP contribution in [0.25, 0.3) is 0 Å². The minimum atomic E-state index is -4.51. The molecule has 0 aromatic heterocycles. The fourth-order valence-corrected chi connectivity index (χ4v) is 1.99. The normalized spacial score (nSPS) is 13.0. The summed E-state index contributed by atoms with van der Waals surface area (Å²) in [5, 5.41) is 3.00. The Kier molecular flexibility index (Phi) is 6.03. The Morgan fingerprint density at radius 2 is 2.05 bits per heavy atom. The maximum atomic E-state index is 13.3. The first-order valence-corrected chi connectivity index (χ1v) is 6.43. The number of halogens is 4. The molecular weight excluding hydrogens is 270 g/mol. The molecule has 1 atom stereocenters. The highest BCUT2D eigenvalue weighted by Crippen LogP contribution is 2.36. The van der Waals surface area contributed by atoms with Gasteiger partial charge in [-0.05, 0) is 43.1 Å². The maximum Gasteiger partial charge on any atom is 0.416 e. The van der Waals surface area contributed by atoms with E-state index in [1.165, 1.54) is 0 Å². The van der Waals surface area contributed by atoms with Gasteiger partial charge in [0.05, 0.1) is 5.56 Å². The van der Waals surface area contributed by atoms with Crippen molar-refractivity contribution in [2.45, 2.75) is 38.4 Å². The van der Waals surface area contributed by atoms with Gasteiger partial charge < -0.3 is 5.32 Å². The zero-order chi connectivity index (χ0) is 15.2. The molecular formula is C15H17F4N. The second-order valence-electron chi connectivity index (χ2n) is 4.48. The lowest BCUT2D eigenvalue weighted by atomic mass is 9.96. The van der Waals surface area contributed by atoms with Crippen LogP contribution in [0.2, 0.25) is 0 Å². The van der Waals surface area contributed by atoms with E-state index in [-0.39, 0.29) is 5.56 Å². The molecule has 1 rings (SSSR count). The topological polar surface area (TPSA) is 12.0 Å². The van der Waals surface area contributed by atoms with Crippen molar-refractivity contribution in [3.05, 3.63) is 35.1 Å². The van der Waals surface area contributed by atoms with Crippen molar-refractivity contribution in [1.29, 1.82) is 0 Å². The summed E-state index contributed by atoms with van der Waals surface area (Å²) in [7, 11) is 0. The molecule has 1 N–H and O–H groups in total. The standard InChI is InChI=1S/C15H17F4N/c1-3-5-6-14(20-9-4-2)12-10-11(16)7-8-13(12)15(17,18)19/h1,7-8,10,14,20H,4-6,9H2,2H3. The van der Waals surface area contributed by atoms with Gasteiger partial charge in [-0.15, -0.1) is 12.3 Å². The highest BCUT2D eigenvalue weighted by Gasteiger charge is 2.35. The number of rotatable bonds is 6. The molecule has 1 aromatic carbocycles. The molecule has 0 radical (unpaired) electrons. The number of alkyl halides is 3. The van der Waals surface area contributed by atoms with Gasteiger partial charge in [-0.1, -0.05) is 6.92 Å². The summed E-state index contributed by atoms with van der Waals surface area (Å²) in [6.07, 6.45) is 2.09. The Labute approximate surface area is 116 Å². The Morgan fingerprint density at radius 3 is 2.60 bits per heavy atom. The van der Waals surface area contributed by atoms with E-state index in [2.05, 4.69) is 11.2 Å². The van der Waals surface area contributed by atoms with Crippen LogP contribution >= 0.6 is 0 Å². The smallest absolute Gasteiger partial charge is 0.310 e. The quantitative estimate of drug-likeness (QED) is 0.607. The molecule has 0 fully saturated rings. The van der Waals surface area contributed by atoms with Gasteiger partial charge in [-0.25, -0.2) is 4.39 Å². The van der Waals surface area contributed by atoms with E-state index in [4.69, 9.17) is 6.42 Å². The molecule has 20 heavy (non-hydrogen) atoms. The number of hydrogen-bond donors (Lipinski definition) is 1. The molecule has 0 aliphatic carbocycles. The van der Waals surface area contributed by atoms with Crippen LogP contribution in [0.5, 0.6) is 0 Å². The lowest BCUT2D eigenvalue weighted by Crippen LogP contribution is -2.25. The molecule has 0 aliphatic rings. The van der Waals surface area contributed by atoms with Crippen LogP contribution in [0, 0.1) is 18.2 Å². The van der Waals surface area contributed by atoms with Crippen molar-refractivity contribution in [3.63, 3.8) is 0 Å². The summed E-state index contributed by atoms with van der Waals surface area (Å²) >= 11 is 0. The first kappa shape index (κ1) is 16.5. The summed E-state index contributed by atoms with van der Waals surface area (Å²) < 4.78 is 52.3. The van der Waals surface area contributed by atoms with Crippen LogP contribution in [-0.4, -0.2) is 6.54 Å². The van der Waals surface area contributed by atoms with Crippen LogP contribution in [0.4, 0.5) is 17.6 Å². The average Bonchev–Trinajstić information content (AvgIpc) is 2.37. The Hall–Kier alpha value is -1.54. The monoisotopic (exact) mass is 287 g/mol. The third-order valence-electron chi connectivity index (χ3n) is 2.91. The van der Waals surface area contributed by atoms with Crippen LogP contribution in [0.1, 0.15) is 43.4 Å². The fraction of sp³-hybridized carbons (Fsp3) is 0.467. The van der Waals surface area contributed by atoms with Crippen molar-refractivity contribution in [2.75, 3.05) is 6.54 Å². The molecule has 1 unspecified atom stereocenters. The summed E-state index contributed by atoms with van der Waals surface area (Å²) in [5.41, 5.74) is -0.897. The van der Waals surface area contributed by atoms with Gasteiger partial charge in [0.2, 0.25) is 0 Å². The molecule has 0 saturated carbocycles. The average molecular weight is 287 g/mol. The van der Waals surface area contributed by atoms with E-state index in [0.29, 0.717) is 19.4 Å². The van der Waals surface area contributed by atoms with Gasteiger partial charge in [0.25, 0.3) is 0 Å². The third-order valence-corrected chi connectivity index (χ3v) is 2.91. The minimum absolute atomic E-state index is 0.0822. The molecule has 0 spiro atoms. The van der Waals surface area contributed by atoms with E-state index in [1.54, 1.807) is 0 Å². The molecule has 110 valence electrons. The summed E-state index contributed by atoms with van der Waals surface area (Å²) in [6.45, 7) is 2.45. The van der Waals surface area contributed by atoms with Crippen molar-refractivity contribution in [3.8, 4) is 12.3 Å². The fourth-order valence-electron chi connectivity index (χ4n) is 1.99. The first-order valence-electron chi connectivity index (χ1n) is 6.43. The van der Waals surface area contributed by atoms with Crippen molar-refractivity contribution < 1.29 is 17.6 Å². The van der Waals surface area contributed by atoms with Crippen molar-refractivity contribution in [2.24, 2.45) is 0 Å². The molecule has 1 nitrogen and oxygen atoms in total. The number of nitrogens with one attached hydrogen (secondary N) is 1. The van der Waals surface area contributed by atoms with Crippen LogP contribution in [-0.2, 0) is 6.18 Å². The SMILES string of the molecule is C#CCCC(NCCC)c1cc(F)ccc1C(F)(F)F. The number of benzene rings is 1. The second kappa shape index (κ2) is 7.30. The van der Waals surface area contributed by atoms with E-state index in [0.717, 1.165) is 24.6 Å². The van der Waals surface area contributed by atoms with Crippen LogP contribution in [0.3, 0.4) is 0 Å². The summed E-state index contributed by atoms with van der Waals surface area (Å²) in [5.74, 6) is 1.72. The van der Waals surface area contributed by atoms with Gasteiger partial charge in [-0.3, -0.25) is 0 Å². The van der Waals surface area contributed by atoms with Gasteiger partial charge in [0.15, 0.2) is 0 Å². The van der Waals surface area contributed by atoms with Crippen LogP contribution < -0.4 is 5.32 Å². The maximum absolute atomic E-state index is 13.3. The highest BCUT2D eigenvalue weighted by atomic mass is 19.4. The predicted molar refractivity (Wildman–Crippen MR) is 70.5 cm³/mol. The van der Waals surface area contributed by atoms with Gasteiger partial charge in [-0.2, -0.15) is 13.2 Å². The largest absolute Gasteiger partial charge is 0.416 e. The van der Waals surface area contributed by atoms with Crippen molar-refractivity contribution in [1.82, 2.24) is 5.32 Å². The Balaban J connectivity index is 3.16. The zero-order valence-electron chi connectivity index (χ0n) is 11.2. The van der Waals surface area contributed by atoms with Gasteiger partial charge in [0.1, 0.15) is 5.82 Å². The molecule has 1 aromatic rings. The van der Waals surface area contributed by atoms with Gasteiger partial charge >= 0.3 is 6.18 Å². The molecule has 0 bridgehead atoms. The van der Waals surface area contributed by atoms with E-state index < -0.39 is 23.6 Å². The van der Waals surface area contributed by atoms with Crippen molar-refractivity contribution >= 4 is 0 Å². The molecule has 5 heteroatoms. The zero-order valence-corrected chi connectivity index (χ0v) is 11.2. The van der Waals surface area contributed by atoms with E-state index in [9.17, 15) is 17.6 Å². The highest BCUT2D eigenvalue weighted by molar-refractivity contribution is 5.33. The third kappa shape index (κ3) is 4.53. The molecule has 0 saturated heterocycles. The Bertz CT molecular complexity index is 474. The molecule has 0 amide bonds. The van der Waals surface area contributed by atoms with E-state index in [1.807, 2.05) is 6.92 Å². The first-order chi connectivity index (χ1) is 9.40. The lowest BCUT2D eigenvalue weighted by Gasteiger charge is -2.22. The predicted octanol–water partition coefficient (Wildman–Crippen LogP) is 4.30.